The van der Waals surface area contributed by atoms with E-state index >= 15 is 0 Å². The summed E-state index contributed by atoms with van der Waals surface area (Å²) in [5.41, 5.74) is 0.305. The Morgan fingerprint density at radius 2 is 2.19 bits per heavy atom. The van der Waals surface area contributed by atoms with E-state index in [0.29, 0.717) is 31.9 Å². The van der Waals surface area contributed by atoms with E-state index in [2.05, 4.69) is 26.4 Å². The summed E-state index contributed by atoms with van der Waals surface area (Å²) >= 11 is 0. The van der Waals surface area contributed by atoms with Crippen LogP contribution in [0.1, 0.15) is 23.1 Å². The van der Waals surface area contributed by atoms with E-state index in [1.54, 1.807) is 6.07 Å². The van der Waals surface area contributed by atoms with Gasteiger partial charge in [-0.15, -0.1) is 0 Å². The van der Waals surface area contributed by atoms with Crippen LogP contribution in [0.3, 0.4) is 0 Å². The first kappa shape index (κ1) is 17.9. The van der Waals surface area contributed by atoms with Crippen molar-refractivity contribution in [1.82, 2.24) is 24.3 Å². The van der Waals surface area contributed by atoms with Crippen LogP contribution in [0, 0.1) is 5.92 Å². The summed E-state index contributed by atoms with van der Waals surface area (Å²) in [4.78, 5) is 25.6. The number of imidazole rings is 1. The van der Waals surface area contributed by atoms with Gasteiger partial charge in [0.2, 0.25) is 0 Å². The highest BCUT2D eigenvalue weighted by molar-refractivity contribution is 5.96. The molecule has 8 heteroatoms. The van der Waals surface area contributed by atoms with E-state index < -0.39 is 0 Å². The monoisotopic (exact) mass is 371 g/mol. The average molecular weight is 371 g/mol. The Bertz CT molecular complexity index is 808. The van der Waals surface area contributed by atoms with Crippen molar-refractivity contribution in [3.63, 3.8) is 0 Å². The van der Waals surface area contributed by atoms with Crippen molar-refractivity contribution in [2.75, 3.05) is 32.8 Å². The molecular weight excluding hydrogens is 346 g/mol. The van der Waals surface area contributed by atoms with E-state index in [-0.39, 0.29) is 23.6 Å². The van der Waals surface area contributed by atoms with Crippen molar-refractivity contribution in [2.24, 2.45) is 5.92 Å². The zero-order valence-corrected chi connectivity index (χ0v) is 15.5. The summed E-state index contributed by atoms with van der Waals surface area (Å²) in [6, 6.07) is 1.68. The zero-order valence-electron chi connectivity index (χ0n) is 15.5. The molecule has 2 bridgehead atoms. The molecule has 0 aliphatic carbocycles. The first-order valence-electron chi connectivity index (χ1n) is 9.39. The quantitative estimate of drug-likeness (QED) is 0.863. The van der Waals surface area contributed by atoms with E-state index in [0.717, 1.165) is 25.5 Å². The first-order valence-corrected chi connectivity index (χ1v) is 9.39. The fourth-order valence-corrected chi connectivity index (χ4v) is 3.99. The van der Waals surface area contributed by atoms with Gasteiger partial charge in [-0.3, -0.25) is 14.7 Å². The minimum atomic E-state index is -0.149. The average Bonchev–Trinajstić information content (AvgIpc) is 2.92. The van der Waals surface area contributed by atoms with Crippen LogP contribution >= 0.6 is 0 Å². The maximum Gasteiger partial charge on any atom is 0.257 e. The lowest BCUT2D eigenvalue weighted by Crippen LogP contribution is -2.45. The Morgan fingerprint density at radius 1 is 1.30 bits per heavy atom. The number of pyridine rings is 1. The number of carbonyl (C=O) groups excluding carboxylic acids is 1. The molecule has 1 amide bonds. The molecule has 4 heterocycles. The molecule has 0 saturated carbocycles. The summed E-state index contributed by atoms with van der Waals surface area (Å²) in [5.74, 6) is 1.05. The second-order valence-electron chi connectivity index (χ2n) is 7.22. The lowest BCUT2D eigenvalue weighted by atomic mass is 10.1. The van der Waals surface area contributed by atoms with Crippen LogP contribution < -0.4 is 0 Å². The highest BCUT2D eigenvalue weighted by Gasteiger charge is 2.36. The van der Waals surface area contributed by atoms with Crippen LogP contribution in [0.2, 0.25) is 0 Å². The Hall–Kier alpha value is -2.45. The molecule has 0 radical (unpaired) electrons. The molecule has 2 aromatic heterocycles. The van der Waals surface area contributed by atoms with Crippen molar-refractivity contribution >= 4 is 5.91 Å². The number of ether oxygens (including phenoxy) is 1. The number of fused-ring (bicyclic) bond motifs is 3. The maximum atomic E-state index is 13.0. The molecule has 2 saturated heterocycles. The molecule has 2 fully saturated rings. The Kier molecular flexibility index (Phi) is 5.09. The molecule has 8 nitrogen and oxygen atoms in total. The van der Waals surface area contributed by atoms with Gasteiger partial charge in [0, 0.05) is 50.7 Å². The number of hydrogen-bond donors (Lipinski definition) is 1. The smallest absolute Gasteiger partial charge is 0.257 e. The minimum absolute atomic E-state index is 0.0741. The topological polar surface area (TPSA) is 83.7 Å². The summed E-state index contributed by atoms with van der Waals surface area (Å²) in [6.07, 6.45) is 6.68. The van der Waals surface area contributed by atoms with Crippen LogP contribution in [0.4, 0.5) is 0 Å². The zero-order chi connectivity index (χ0) is 18.8. The summed E-state index contributed by atoms with van der Waals surface area (Å²) in [6.45, 7) is 7.04. The fraction of sp³-hybridized carbons (Fsp3) is 0.526. The molecule has 0 unspecified atom stereocenters. The number of aromatic nitrogens is 3. The van der Waals surface area contributed by atoms with E-state index in [9.17, 15) is 9.90 Å². The van der Waals surface area contributed by atoms with Gasteiger partial charge in [-0.05, 0) is 13.0 Å². The van der Waals surface area contributed by atoms with Crippen LogP contribution in [-0.4, -0.2) is 74.2 Å². The Labute approximate surface area is 158 Å². The van der Waals surface area contributed by atoms with Gasteiger partial charge >= 0.3 is 0 Å². The van der Waals surface area contributed by atoms with E-state index in [1.807, 2.05) is 17.3 Å². The van der Waals surface area contributed by atoms with Gasteiger partial charge in [0.25, 0.3) is 5.91 Å². The summed E-state index contributed by atoms with van der Waals surface area (Å²) < 4.78 is 8.01. The minimum Gasteiger partial charge on any atom is -0.505 e. The first-order chi connectivity index (χ1) is 13.2. The van der Waals surface area contributed by atoms with Crippen LogP contribution in [0.5, 0.6) is 5.75 Å². The largest absolute Gasteiger partial charge is 0.505 e. The second-order valence-corrected chi connectivity index (χ2v) is 7.22. The molecule has 144 valence electrons. The molecule has 27 heavy (non-hydrogen) atoms. The van der Waals surface area contributed by atoms with E-state index in [1.165, 1.54) is 12.4 Å². The second kappa shape index (κ2) is 7.66. The van der Waals surface area contributed by atoms with Gasteiger partial charge in [-0.2, -0.15) is 0 Å². The lowest BCUT2D eigenvalue weighted by molar-refractivity contribution is 0.0401. The molecule has 2 aliphatic rings. The number of hydrogen-bond acceptors (Lipinski definition) is 6. The van der Waals surface area contributed by atoms with Crippen molar-refractivity contribution in [3.8, 4) is 5.75 Å². The molecule has 4 rings (SSSR count). The van der Waals surface area contributed by atoms with Crippen LogP contribution in [0.25, 0.3) is 0 Å². The lowest BCUT2D eigenvalue weighted by Gasteiger charge is -2.31. The Balaban J connectivity index is 1.55. The molecule has 2 atom stereocenters. The molecular formula is C19H25N5O3. The van der Waals surface area contributed by atoms with Crippen molar-refractivity contribution in [3.05, 3.63) is 42.2 Å². The third-order valence-corrected chi connectivity index (χ3v) is 5.39. The van der Waals surface area contributed by atoms with Gasteiger partial charge in [0.1, 0.15) is 11.6 Å². The van der Waals surface area contributed by atoms with Crippen molar-refractivity contribution in [2.45, 2.75) is 26.1 Å². The predicted molar refractivity (Wildman–Crippen MR) is 98.2 cm³/mol. The van der Waals surface area contributed by atoms with Crippen molar-refractivity contribution in [1.29, 1.82) is 0 Å². The SMILES string of the molecule is CCn1ccnc1CN1C[C@H]2COC[C@@H]1CN(C(=O)c1ccncc1O)C2. The molecule has 0 spiro atoms. The van der Waals surface area contributed by atoms with Crippen LogP contribution in [-0.2, 0) is 17.8 Å². The third-order valence-electron chi connectivity index (χ3n) is 5.39. The number of aromatic hydroxyl groups is 1. The number of carbonyl (C=O) groups is 1. The highest BCUT2D eigenvalue weighted by Crippen LogP contribution is 2.24. The fourth-order valence-electron chi connectivity index (χ4n) is 3.99. The van der Waals surface area contributed by atoms with Crippen molar-refractivity contribution < 1.29 is 14.6 Å². The van der Waals surface area contributed by atoms with Gasteiger partial charge in [-0.1, -0.05) is 0 Å². The summed E-state index contributed by atoms with van der Waals surface area (Å²) in [5, 5.41) is 10.0. The van der Waals surface area contributed by atoms with Gasteiger partial charge in [0.05, 0.1) is 37.6 Å². The number of nitrogens with zero attached hydrogens (tertiary/aromatic N) is 5. The van der Waals surface area contributed by atoms with Crippen LogP contribution in [0.15, 0.2) is 30.9 Å². The maximum absolute atomic E-state index is 13.0. The standard InChI is InChI=1S/C19H25N5O3/c1-2-22-6-5-21-18(22)11-23-8-14-9-24(10-15(23)13-27-12-14)19(26)16-3-4-20-7-17(16)25/h3-7,14-15,25H,2,8-13H2,1H3/t14-,15+/m1/s1. The van der Waals surface area contributed by atoms with Gasteiger partial charge in [-0.25, -0.2) is 4.98 Å². The Morgan fingerprint density at radius 3 is 3.00 bits per heavy atom. The summed E-state index contributed by atoms with van der Waals surface area (Å²) in [7, 11) is 0. The number of amides is 1. The molecule has 2 aromatic rings. The van der Waals surface area contributed by atoms with Gasteiger partial charge < -0.3 is 19.3 Å². The molecule has 0 aromatic carbocycles. The third kappa shape index (κ3) is 3.68. The molecule has 2 aliphatic heterocycles. The predicted octanol–water partition coefficient (Wildman–Crippen LogP) is 0.977. The molecule has 1 N–H and O–H groups in total. The number of aryl methyl sites for hydroxylation is 1. The van der Waals surface area contributed by atoms with Gasteiger partial charge in [0.15, 0.2) is 0 Å². The van der Waals surface area contributed by atoms with E-state index in [4.69, 9.17) is 4.74 Å². The number of rotatable bonds is 4. The highest BCUT2D eigenvalue weighted by atomic mass is 16.5. The normalized spacial score (nSPS) is 23.2.